The van der Waals surface area contributed by atoms with E-state index in [1.807, 2.05) is 31.2 Å². The summed E-state index contributed by atoms with van der Waals surface area (Å²) in [7, 11) is 0. The molecule has 2 rings (SSSR count). The molecular weight excluding hydrogens is 364 g/mol. The second-order valence-corrected chi connectivity index (χ2v) is 6.19. The van der Waals surface area contributed by atoms with Crippen molar-refractivity contribution in [2.24, 2.45) is 0 Å². The summed E-state index contributed by atoms with van der Waals surface area (Å²) in [6, 6.07) is 10.6. The minimum atomic E-state index is -0.456. The van der Waals surface area contributed by atoms with Crippen LogP contribution in [0.5, 0.6) is 0 Å². The van der Waals surface area contributed by atoms with Crippen molar-refractivity contribution in [3.8, 4) is 0 Å². The molecule has 1 atom stereocenters. The highest BCUT2D eigenvalue weighted by Crippen LogP contribution is 2.32. The molecule has 0 aromatic heterocycles. The zero-order valence-corrected chi connectivity index (χ0v) is 13.9. The van der Waals surface area contributed by atoms with Crippen molar-refractivity contribution in [3.05, 3.63) is 67.9 Å². The van der Waals surface area contributed by atoms with Crippen LogP contribution in [0, 0.1) is 5.82 Å². The molecule has 20 heavy (non-hydrogen) atoms. The molecule has 0 heterocycles. The second kappa shape index (κ2) is 6.90. The SMILES string of the molecule is CC(NCc1cccc(Br)c1)c1c(Cl)ccc(F)c1Cl. The van der Waals surface area contributed by atoms with Crippen molar-refractivity contribution in [2.45, 2.75) is 19.5 Å². The van der Waals surface area contributed by atoms with Crippen LogP contribution in [0.4, 0.5) is 4.39 Å². The highest BCUT2D eigenvalue weighted by atomic mass is 79.9. The zero-order chi connectivity index (χ0) is 14.7. The summed E-state index contributed by atoms with van der Waals surface area (Å²) in [5.41, 5.74) is 1.71. The maximum absolute atomic E-state index is 13.5. The van der Waals surface area contributed by atoms with Crippen LogP contribution in [-0.2, 0) is 6.54 Å². The van der Waals surface area contributed by atoms with E-state index in [1.165, 1.54) is 12.1 Å². The monoisotopic (exact) mass is 375 g/mol. The van der Waals surface area contributed by atoms with E-state index in [-0.39, 0.29) is 11.1 Å². The third-order valence-electron chi connectivity index (χ3n) is 3.01. The molecule has 1 unspecified atom stereocenters. The van der Waals surface area contributed by atoms with Crippen LogP contribution in [0.25, 0.3) is 0 Å². The summed E-state index contributed by atoms with van der Waals surface area (Å²) in [5, 5.41) is 3.83. The largest absolute Gasteiger partial charge is 0.306 e. The molecule has 2 aromatic carbocycles. The summed E-state index contributed by atoms with van der Waals surface area (Å²) in [6.07, 6.45) is 0. The number of rotatable bonds is 4. The van der Waals surface area contributed by atoms with E-state index in [2.05, 4.69) is 21.2 Å². The van der Waals surface area contributed by atoms with Gasteiger partial charge in [-0.3, -0.25) is 0 Å². The molecule has 0 aliphatic rings. The summed E-state index contributed by atoms with van der Waals surface area (Å²) < 4.78 is 14.5. The van der Waals surface area contributed by atoms with Gasteiger partial charge in [-0.25, -0.2) is 4.39 Å². The first-order chi connectivity index (χ1) is 9.49. The maximum Gasteiger partial charge on any atom is 0.142 e. The smallest absolute Gasteiger partial charge is 0.142 e. The van der Waals surface area contributed by atoms with Gasteiger partial charge in [-0.15, -0.1) is 0 Å². The van der Waals surface area contributed by atoms with Gasteiger partial charge in [-0.05, 0) is 36.8 Å². The van der Waals surface area contributed by atoms with Gasteiger partial charge in [-0.1, -0.05) is 51.3 Å². The maximum atomic E-state index is 13.5. The van der Waals surface area contributed by atoms with Gasteiger partial charge in [0.2, 0.25) is 0 Å². The van der Waals surface area contributed by atoms with Gasteiger partial charge in [0.05, 0.1) is 5.02 Å². The predicted octanol–water partition coefficient (Wildman–Crippen LogP) is 5.75. The lowest BCUT2D eigenvalue weighted by Gasteiger charge is -2.17. The third kappa shape index (κ3) is 3.73. The van der Waals surface area contributed by atoms with Gasteiger partial charge in [0.15, 0.2) is 0 Å². The zero-order valence-electron chi connectivity index (χ0n) is 10.8. The molecule has 0 fully saturated rings. The number of hydrogen-bond acceptors (Lipinski definition) is 1. The molecule has 0 aliphatic heterocycles. The molecule has 1 N–H and O–H groups in total. The quantitative estimate of drug-likeness (QED) is 0.670. The number of halogens is 4. The van der Waals surface area contributed by atoms with Gasteiger partial charge in [0, 0.05) is 27.6 Å². The number of hydrogen-bond donors (Lipinski definition) is 1. The topological polar surface area (TPSA) is 12.0 Å². The minimum Gasteiger partial charge on any atom is -0.306 e. The Bertz CT molecular complexity index is 619. The fourth-order valence-electron chi connectivity index (χ4n) is 1.96. The van der Waals surface area contributed by atoms with Crippen molar-refractivity contribution in [1.82, 2.24) is 5.32 Å². The molecule has 1 nitrogen and oxygen atoms in total. The van der Waals surface area contributed by atoms with Crippen molar-refractivity contribution >= 4 is 39.1 Å². The summed E-state index contributed by atoms with van der Waals surface area (Å²) in [4.78, 5) is 0. The van der Waals surface area contributed by atoms with Gasteiger partial charge in [0.1, 0.15) is 5.82 Å². The molecule has 5 heteroatoms. The highest BCUT2D eigenvalue weighted by molar-refractivity contribution is 9.10. The number of nitrogens with one attached hydrogen (secondary N) is 1. The Morgan fingerprint density at radius 3 is 2.70 bits per heavy atom. The first kappa shape index (κ1) is 15.8. The molecule has 2 aromatic rings. The Kier molecular flexibility index (Phi) is 5.44. The van der Waals surface area contributed by atoms with Crippen molar-refractivity contribution in [1.29, 1.82) is 0 Å². The van der Waals surface area contributed by atoms with Crippen molar-refractivity contribution in [3.63, 3.8) is 0 Å². The van der Waals surface area contributed by atoms with Crippen LogP contribution >= 0.6 is 39.1 Å². The van der Waals surface area contributed by atoms with Crippen LogP contribution < -0.4 is 5.32 Å². The molecule has 0 amide bonds. The average Bonchev–Trinajstić information content (AvgIpc) is 2.41. The van der Waals surface area contributed by atoms with E-state index >= 15 is 0 Å². The molecule has 0 saturated carbocycles. The van der Waals surface area contributed by atoms with Gasteiger partial charge in [0.25, 0.3) is 0 Å². The third-order valence-corrected chi connectivity index (χ3v) is 4.22. The summed E-state index contributed by atoms with van der Waals surface area (Å²) >= 11 is 15.5. The van der Waals surface area contributed by atoms with E-state index in [0.717, 1.165) is 10.0 Å². The minimum absolute atomic E-state index is 0.0757. The van der Waals surface area contributed by atoms with E-state index in [4.69, 9.17) is 23.2 Å². The normalized spacial score (nSPS) is 12.4. The van der Waals surface area contributed by atoms with Crippen LogP contribution in [0.1, 0.15) is 24.1 Å². The van der Waals surface area contributed by atoms with E-state index in [0.29, 0.717) is 17.1 Å². The van der Waals surface area contributed by atoms with Crippen LogP contribution in [0.3, 0.4) is 0 Å². The lowest BCUT2D eigenvalue weighted by Crippen LogP contribution is -2.19. The predicted molar refractivity (Wildman–Crippen MR) is 85.8 cm³/mol. The van der Waals surface area contributed by atoms with E-state index in [9.17, 15) is 4.39 Å². The fraction of sp³-hybridized carbons (Fsp3) is 0.200. The van der Waals surface area contributed by atoms with Gasteiger partial charge in [-0.2, -0.15) is 0 Å². The molecule has 0 spiro atoms. The van der Waals surface area contributed by atoms with Gasteiger partial charge >= 0.3 is 0 Å². The lowest BCUT2D eigenvalue weighted by molar-refractivity contribution is 0.565. The standard InChI is InChI=1S/C15H13BrCl2FN/c1-9(14-12(17)5-6-13(19)15(14)18)20-8-10-3-2-4-11(16)7-10/h2-7,9,20H,8H2,1H3. The molecule has 0 aliphatic carbocycles. The van der Waals surface area contributed by atoms with Crippen molar-refractivity contribution < 1.29 is 4.39 Å². The Morgan fingerprint density at radius 2 is 2.00 bits per heavy atom. The molecule has 0 saturated heterocycles. The fourth-order valence-corrected chi connectivity index (χ4v) is 3.10. The first-order valence-electron chi connectivity index (χ1n) is 6.10. The Hall–Kier alpha value is -0.610. The van der Waals surface area contributed by atoms with Crippen LogP contribution in [0.2, 0.25) is 10.0 Å². The lowest BCUT2D eigenvalue weighted by atomic mass is 10.1. The van der Waals surface area contributed by atoms with E-state index < -0.39 is 5.82 Å². The van der Waals surface area contributed by atoms with Crippen molar-refractivity contribution in [2.75, 3.05) is 0 Å². The first-order valence-corrected chi connectivity index (χ1v) is 7.65. The molecule has 0 bridgehead atoms. The molecular formula is C15H13BrCl2FN. The molecule has 106 valence electrons. The van der Waals surface area contributed by atoms with Gasteiger partial charge < -0.3 is 5.32 Å². The summed E-state index contributed by atoms with van der Waals surface area (Å²) in [6.45, 7) is 2.55. The Labute approximate surface area is 136 Å². The highest BCUT2D eigenvalue weighted by Gasteiger charge is 2.16. The average molecular weight is 377 g/mol. The Morgan fingerprint density at radius 1 is 1.25 bits per heavy atom. The molecule has 0 radical (unpaired) electrons. The van der Waals surface area contributed by atoms with Crippen LogP contribution in [0.15, 0.2) is 40.9 Å². The Balaban J connectivity index is 2.13. The van der Waals surface area contributed by atoms with E-state index in [1.54, 1.807) is 0 Å². The summed E-state index contributed by atoms with van der Waals surface area (Å²) in [5.74, 6) is -0.456. The van der Waals surface area contributed by atoms with Crippen LogP contribution in [-0.4, -0.2) is 0 Å². The second-order valence-electron chi connectivity index (χ2n) is 4.49. The number of benzene rings is 2.